The van der Waals surface area contributed by atoms with Gasteiger partial charge in [-0.3, -0.25) is 9.69 Å². The minimum Gasteiger partial charge on any atom is -0.376 e. The van der Waals surface area contributed by atoms with Crippen molar-refractivity contribution in [1.82, 2.24) is 4.90 Å². The smallest absolute Gasteiger partial charge is 0.266 e. The minimum atomic E-state index is 0.00318. The lowest BCUT2D eigenvalue weighted by Gasteiger charge is -2.18. The second-order valence-electron chi connectivity index (χ2n) is 6.25. The monoisotopic (exact) mass is 347 g/mol. The third-order valence-corrected chi connectivity index (χ3v) is 5.56. The zero-order valence-electron chi connectivity index (χ0n) is 13.5. The molecule has 0 aromatic heterocycles. The molecule has 0 unspecified atom stereocenters. The quantitative estimate of drug-likeness (QED) is 0.603. The van der Waals surface area contributed by atoms with Crippen LogP contribution in [0.2, 0.25) is 0 Å². The Bertz CT molecular complexity index is 631. The van der Waals surface area contributed by atoms with Gasteiger partial charge < -0.3 is 4.74 Å². The highest BCUT2D eigenvalue weighted by molar-refractivity contribution is 8.26. The molecule has 0 N–H and O–H groups in total. The SMILES string of the molecule is CC(C)c1ccc(/C=C2/SC(=S)N(C[C@@H]3CCCO3)C2=O)cc1. The molecule has 1 atom stereocenters. The van der Waals surface area contributed by atoms with Gasteiger partial charge in [-0.05, 0) is 36.0 Å². The molecule has 122 valence electrons. The van der Waals surface area contributed by atoms with Crippen molar-refractivity contribution < 1.29 is 9.53 Å². The van der Waals surface area contributed by atoms with Crippen LogP contribution in [0.4, 0.5) is 0 Å². The van der Waals surface area contributed by atoms with Crippen molar-refractivity contribution in [3.05, 3.63) is 40.3 Å². The molecule has 1 aromatic rings. The zero-order chi connectivity index (χ0) is 16.4. The van der Waals surface area contributed by atoms with Crippen LogP contribution in [0.1, 0.15) is 43.7 Å². The Morgan fingerprint density at radius 1 is 1.39 bits per heavy atom. The average molecular weight is 348 g/mol. The summed E-state index contributed by atoms with van der Waals surface area (Å²) in [6.45, 7) is 5.71. The Labute approximate surface area is 147 Å². The fourth-order valence-corrected chi connectivity index (χ4v) is 4.05. The second-order valence-corrected chi connectivity index (χ2v) is 7.92. The van der Waals surface area contributed by atoms with E-state index < -0.39 is 0 Å². The van der Waals surface area contributed by atoms with E-state index >= 15 is 0 Å². The summed E-state index contributed by atoms with van der Waals surface area (Å²) < 4.78 is 6.25. The molecule has 23 heavy (non-hydrogen) atoms. The minimum absolute atomic E-state index is 0.00318. The number of benzene rings is 1. The summed E-state index contributed by atoms with van der Waals surface area (Å²) in [5, 5.41) is 0. The first-order chi connectivity index (χ1) is 11.0. The summed E-state index contributed by atoms with van der Waals surface area (Å²) in [6, 6.07) is 8.34. The van der Waals surface area contributed by atoms with E-state index in [0.29, 0.717) is 21.7 Å². The van der Waals surface area contributed by atoms with Gasteiger partial charge in [0.15, 0.2) is 0 Å². The first kappa shape index (κ1) is 16.7. The summed E-state index contributed by atoms with van der Waals surface area (Å²) in [6.07, 6.45) is 4.13. The van der Waals surface area contributed by atoms with Gasteiger partial charge in [-0.1, -0.05) is 62.1 Å². The molecule has 0 aliphatic carbocycles. The summed E-state index contributed by atoms with van der Waals surface area (Å²) in [5.41, 5.74) is 2.33. The van der Waals surface area contributed by atoms with Crippen molar-refractivity contribution in [2.75, 3.05) is 13.2 Å². The van der Waals surface area contributed by atoms with E-state index in [2.05, 4.69) is 38.1 Å². The molecule has 0 spiro atoms. The number of hydrogen-bond acceptors (Lipinski definition) is 4. The van der Waals surface area contributed by atoms with Gasteiger partial charge >= 0.3 is 0 Å². The average Bonchev–Trinajstić information content (AvgIpc) is 3.12. The molecule has 3 rings (SSSR count). The van der Waals surface area contributed by atoms with Crippen molar-refractivity contribution in [2.24, 2.45) is 0 Å². The Hall–Kier alpha value is -1.17. The van der Waals surface area contributed by atoms with E-state index in [4.69, 9.17) is 17.0 Å². The number of nitrogens with zero attached hydrogens (tertiary/aromatic N) is 1. The van der Waals surface area contributed by atoms with Gasteiger partial charge in [0.25, 0.3) is 5.91 Å². The van der Waals surface area contributed by atoms with E-state index in [-0.39, 0.29) is 12.0 Å². The van der Waals surface area contributed by atoms with Crippen LogP contribution < -0.4 is 0 Å². The van der Waals surface area contributed by atoms with Gasteiger partial charge in [0.1, 0.15) is 4.32 Å². The third-order valence-electron chi connectivity index (χ3n) is 4.18. The van der Waals surface area contributed by atoms with Crippen molar-refractivity contribution in [2.45, 2.75) is 38.7 Å². The maximum Gasteiger partial charge on any atom is 0.266 e. The predicted molar refractivity (Wildman–Crippen MR) is 99.4 cm³/mol. The Kier molecular flexibility index (Phi) is 5.19. The highest BCUT2D eigenvalue weighted by Gasteiger charge is 2.34. The van der Waals surface area contributed by atoms with E-state index in [1.807, 2.05) is 6.08 Å². The molecule has 1 amide bonds. The van der Waals surface area contributed by atoms with E-state index in [1.54, 1.807) is 4.90 Å². The number of carbonyl (C=O) groups is 1. The first-order valence-electron chi connectivity index (χ1n) is 8.01. The molecule has 5 heteroatoms. The van der Waals surface area contributed by atoms with Crippen LogP contribution in [0.25, 0.3) is 6.08 Å². The molecular formula is C18H21NO2S2. The fraction of sp³-hybridized carbons (Fsp3) is 0.444. The Balaban J connectivity index is 1.72. The van der Waals surface area contributed by atoms with Crippen LogP contribution >= 0.6 is 24.0 Å². The number of carbonyl (C=O) groups excluding carboxylic acids is 1. The number of ether oxygens (including phenoxy) is 1. The fourth-order valence-electron chi connectivity index (χ4n) is 2.78. The standard InChI is InChI=1S/C18H21NO2S2/c1-12(2)14-7-5-13(6-8-14)10-16-17(20)19(18(22)23-16)11-15-4-3-9-21-15/h5-8,10,12,15H,3-4,9,11H2,1-2H3/b16-10+/t15-/m0/s1. The van der Waals surface area contributed by atoms with E-state index in [0.717, 1.165) is 25.0 Å². The van der Waals surface area contributed by atoms with Gasteiger partial charge in [0.2, 0.25) is 0 Å². The molecule has 2 saturated heterocycles. The number of rotatable bonds is 4. The van der Waals surface area contributed by atoms with Gasteiger partial charge in [-0.15, -0.1) is 0 Å². The summed E-state index contributed by atoms with van der Waals surface area (Å²) in [7, 11) is 0. The van der Waals surface area contributed by atoms with Crippen LogP contribution in [0, 0.1) is 0 Å². The normalized spacial score (nSPS) is 23.5. The molecule has 1 aromatic carbocycles. The first-order valence-corrected chi connectivity index (χ1v) is 9.24. The maximum absolute atomic E-state index is 12.6. The second kappa shape index (κ2) is 7.16. The number of amides is 1. The highest BCUT2D eigenvalue weighted by atomic mass is 32.2. The molecule has 2 heterocycles. The summed E-state index contributed by atoms with van der Waals surface area (Å²) >= 11 is 6.76. The Morgan fingerprint density at radius 3 is 2.74 bits per heavy atom. The number of hydrogen-bond donors (Lipinski definition) is 0. The van der Waals surface area contributed by atoms with Crippen molar-refractivity contribution in [3.8, 4) is 0 Å². The lowest BCUT2D eigenvalue weighted by Crippen LogP contribution is -2.35. The summed E-state index contributed by atoms with van der Waals surface area (Å²) in [5.74, 6) is 0.511. The van der Waals surface area contributed by atoms with Gasteiger partial charge in [-0.25, -0.2) is 0 Å². The lowest BCUT2D eigenvalue weighted by molar-refractivity contribution is -0.123. The van der Waals surface area contributed by atoms with E-state index in [1.165, 1.54) is 17.3 Å². The predicted octanol–water partition coefficient (Wildman–Crippen LogP) is 4.19. The van der Waals surface area contributed by atoms with Gasteiger partial charge in [0, 0.05) is 6.61 Å². The topological polar surface area (TPSA) is 29.5 Å². The Morgan fingerprint density at radius 2 is 2.13 bits per heavy atom. The molecule has 2 aliphatic heterocycles. The molecule has 3 nitrogen and oxygen atoms in total. The largest absolute Gasteiger partial charge is 0.376 e. The van der Waals surface area contributed by atoms with Gasteiger partial charge in [-0.2, -0.15) is 0 Å². The number of thioether (sulfide) groups is 1. The van der Waals surface area contributed by atoms with E-state index in [9.17, 15) is 4.79 Å². The van der Waals surface area contributed by atoms with Crippen molar-refractivity contribution in [3.63, 3.8) is 0 Å². The molecular weight excluding hydrogens is 326 g/mol. The lowest BCUT2D eigenvalue weighted by atomic mass is 10.0. The van der Waals surface area contributed by atoms with Crippen molar-refractivity contribution >= 4 is 40.3 Å². The third kappa shape index (κ3) is 3.84. The molecule has 0 saturated carbocycles. The molecule has 2 aliphatic rings. The van der Waals surface area contributed by atoms with Gasteiger partial charge in [0.05, 0.1) is 17.6 Å². The zero-order valence-corrected chi connectivity index (χ0v) is 15.1. The highest BCUT2D eigenvalue weighted by Crippen LogP contribution is 2.33. The van der Waals surface area contributed by atoms with Crippen LogP contribution in [0.15, 0.2) is 29.2 Å². The van der Waals surface area contributed by atoms with Crippen LogP contribution in [0.5, 0.6) is 0 Å². The van der Waals surface area contributed by atoms with Crippen LogP contribution in [-0.2, 0) is 9.53 Å². The summed E-state index contributed by atoms with van der Waals surface area (Å²) in [4.78, 5) is 15.0. The molecule has 0 bridgehead atoms. The van der Waals surface area contributed by atoms with Crippen LogP contribution in [-0.4, -0.2) is 34.4 Å². The van der Waals surface area contributed by atoms with Crippen LogP contribution in [0.3, 0.4) is 0 Å². The molecule has 0 radical (unpaired) electrons. The molecule has 2 fully saturated rings. The van der Waals surface area contributed by atoms with Crippen molar-refractivity contribution in [1.29, 1.82) is 0 Å². The number of thiocarbonyl (C=S) groups is 1. The maximum atomic E-state index is 12.6.